The number of carbonyl (C=O) groups excluding carboxylic acids is 2. The van der Waals surface area contributed by atoms with Gasteiger partial charge in [0.15, 0.2) is 12.4 Å². The summed E-state index contributed by atoms with van der Waals surface area (Å²) < 4.78 is 17.5. The van der Waals surface area contributed by atoms with E-state index in [1.165, 1.54) is 77.0 Å². The van der Waals surface area contributed by atoms with E-state index >= 15 is 0 Å². The van der Waals surface area contributed by atoms with Crippen LogP contribution in [-0.4, -0.2) is 99.6 Å². The Hall–Kier alpha value is -3.42. The third-order valence-electron chi connectivity index (χ3n) is 13.0. The monoisotopic (exact) mass is 1020 g/mol. The molecular weight excluding hydrogens is 919 g/mol. The molecule has 11 nitrogen and oxygen atoms in total. The molecule has 1 saturated heterocycles. The molecule has 11 heteroatoms. The van der Waals surface area contributed by atoms with Crippen molar-refractivity contribution in [2.45, 2.75) is 269 Å². The predicted molar refractivity (Wildman–Crippen MR) is 301 cm³/mol. The molecule has 1 rings (SSSR count). The largest absolute Gasteiger partial charge is 0.454 e. The molecule has 0 aromatic carbocycles. The van der Waals surface area contributed by atoms with Crippen molar-refractivity contribution in [3.05, 3.63) is 97.2 Å². The van der Waals surface area contributed by atoms with Crippen LogP contribution < -0.4 is 5.32 Å². The number of nitrogens with one attached hydrogen (secondary N) is 1. The molecular formula is C62H105NO10. The number of aliphatic hydroxyl groups is 5. The zero-order valence-corrected chi connectivity index (χ0v) is 46.0. The standard InChI is InChI=1S/C62H105NO10/c1-4-7-10-13-16-19-22-24-26-28-30-32-35-38-41-44-47-50-57(67)73-60-59(69)58(68)56(51-64)72-62(60)71-52-53(54(65)48-45-42-39-36-33-21-18-15-12-9-6-3)63-61(70)55(66)49-46-43-40-37-34-31-29-27-25-23-20-17-14-11-8-5-2/h16-17,19-20,24-27,30-32,34,38,41,45,48,53-56,58-60,62,64-66,68-69H,4-15,18,21-23,28-29,33,35-37,39-40,42-44,46-47,49-52H2,1-3H3,(H,63,70)/b19-16-,20-17-,26-24-,27-25-,32-30-,34-31-,41-38-,48-45+. The van der Waals surface area contributed by atoms with Gasteiger partial charge in [0.25, 0.3) is 0 Å². The Morgan fingerprint density at radius 3 is 1.44 bits per heavy atom. The predicted octanol–water partition coefficient (Wildman–Crippen LogP) is 13.2. The maximum Gasteiger partial charge on any atom is 0.306 e. The van der Waals surface area contributed by atoms with Gasteiger partial charge in [-0.2, -0.15) is 0 Å². The minimum absolute atomic E-state index is 0.0401. The van der Waals surface area contributed by atoms with Gasteiger partial charge in [-0.05, 0) is 103 Å². The molecule has 8 unspecified atom stereocenters. The summed E-state index contributed by atoms with van der Waals surface area (Å²) in [5.41, 5.74) is 0. The number of ether oxygens (including phenoxy) is 3. The van der Waals surface area contributed by atoms with E-state index in [0.717, 1.165) is 89.9 Å². The van der Waals surface area contributed by atoms with Crippen LogP contribution >= 0.6 is 0 Å². The highest BCUT2D eigenvalue weighted by molar-refractivity contribution is 5.80. The van der Waals surface area contributed by atoms with Crippen molar-refractivity contribution in [1.29, 1.82) is 0 Å². The van der Waals surface area contributed by atoms with Gasteiger partial charge in [-0.1, -0.05) is 208 Å². The number of allylic oxidation sites excluding steroid dienone is 15. The first-order valence-electron chi connectivity index (χ1n) is 29.0. The molecule has 1 aliphatic heterocycles. The Morgan fingerprint density at radius 1 is 0.534 bits per heavy atom. The van der Waals surface area contributed by atoms with Crippen LogP contribution in [0.4, 0.5) is 0 Å². The summed E-state index contributed by atoms with van der Waals surface area (Å²) in [4.78, 5) is 26.4. The topological polar surface area (TPSA) is 175 Å². The molecule has 0 bridgehead atoms. The lowest BCUT2D eigenvalue weighted by atomic mass is 9.99. The first kappa shape index (κ1) is 67.6. The second kappa shape index (κ2) is 49.5. The third-order valence-corrected chi connectivity index (χ3v) is 13.0. The molecule has 0 radical (unpaired) electrons. The van der Waals surface area contributed by atoms with Crippen molar-refractivity contribution in [2.75, 3.05) is 13.2 Å². The molecule has 6 N–H and O–H groups in total. The first-order valence-corrected chi connectivity index (χ1v) is 29.0. The van der Waals surface area contributed by atoms with Crippen molar-refractivity contribution in [3.63, 3.8) is 0 Å². The fraction of sp³-hybridized carbons (Fsp3) is 0.710. The Morgan fingerprint density at radius 2 is 0.945 bits per heavy atom. The van der Waals surface area contributed by atoms with Crippen LogP contribution in [0.5, 0.6) is 0 Å². The summed E-state index contributed by atoms with van der Waals surface area (Å²) >= 11 is 0. The summed E-state index contributed by atoms with van der Waals surface area (Å²) in [6, 6.07) is -1.05. The molecule has 1 amide bonds. The highest BCUT2D eigenvalue weighted by atomic mass is 16.7. The van der Waals surface area contributed by atoms with Gasteiger partial charge >= 0.3 is 5.97 Å². The number of amides is 1. The summed E-state index contributed by atoms with van der Waals surface area (Å²) in [7, 11) is 0. The Kier molecular flexibility index (Phi) is 45.8. The smallest absolute Gasteiger partial charge is 0.306 e. The van der Waals surface area contributed by atoms with Crippen molar-refractivity contribution in [1.82, 2.24) is 5.32 Å². The number of carbonyl (C=O) groups is 2. The molecule has 0 aromatic heterocycles. The fourth-order valence-corrected chi connectivity index (χ4v) is 8.30. The van der Waals surface area contributed by atoms with Gasteiger partial charge in [0.1, 0.15) is 24.4 Å². The van der Waals surface area contributed by atoms with Crippen LogP contribution in [0.25, 0.3) is 0 Å². The van der Waals surface area contributed by atoms with E-state index in [0.29, 0.717) is 19.3 Å². The number of unbranched alkanes of at least 4 members (excludes halogenated alkanes) is 19. The second-order valence-electron chi connectivity index (χ2n) is 19.7. The lowest BCUT2D eigenvalue weighted by Gasteiger charge is -2.41. The maximum atomic E-state index is 13.4. The van der Waals surface area contributed by atoms with Gasteiger partial charge in [0.2, 0.25) is 5.91 Å². The lowest BCUT2D eigenvalue weighted by Crippen LogP contribution is -2.61. The maximum absolute atomic E-state index is 13.4. The minimum Gasteiger partial charge on any atom is -0.454 e. The third kappa shape index (κ3) is 37.9. The van der Waals surface area contributed by atoms with Crippen LogP contribution in [0.2, 0.25) is 0 Å². The van der Waals surface area contributed by atoms with Gasteiger partial charge in [-0.15, -0.1) is 0 Å². The first-order chi connectivity index (χ1) is 35.7. The molecule has 1 fully saturated rings. The summed E-state index contributed by atoms with van der Waals surface area (Å²) in [5.74, 6) is -1.28. The molecule has 0 spiro atoms. The number of esters is 1. The highest BCUT2D eigenvalue weighted by Crippen LogP contribution is 2.26. The summed E-state index contributed by atoms with van der Waals surface area (Å²) in [5, 5.41) is 56.8. The number of rotatable bonds is 47. The van der Waals surface area contributed by atoms with E-state index in [1.54, 1.807) is 6.08 Å². The fourth-order valence-electron chi connectivity index (χ4n) is 8.30. The number of hydrogen-bond acceptors (Lipinski definition) is 10. The van der Waals surface area contributed by atoms with E-state index < -0.39 is 67.4 Å². The number of aliphatic hydroxyl groups excluding tert-OH is 5. The SMILES string of the molecule is CCCCC/C=C\C/C=C\C/C=C\C/C=C\CCCC(=O)OC1C(OCC(NC(=O)C(O)CCCCC/C=C\C/C=C\C/C=C\CCCCC)C(O)/C=C/CCCCCCCCCCC)OC(CO)C(O)C1O. The molecule has 1 aliphatic rings. The number of hydrogen-bond donors (Lipinski definition) is 6. The van der Waals surface area contributed by atoms with E-state index in [9.17, 15) is 35.1 Å². The average molecular weight is 1020 g/mol. The van der Waals surface area contributed by atoms with Crippen molar-refractivity contribution in [2.24, 2.45) is 0 Å². The lowest BCUT2D eigenvalue weighted by molar-refractivity contribution is -0.305. The highest BCUT2D eigenvalue weighted by Gasteiger charge is 2.47. The van der Waals surface area contributed by atoms with Gasteiger partial charge in [0, 0.05) is 6.42 Å². The Bertz CT molecular complexity index is 1550. The van der Waals surface area contributed by atoms with Crippen molar-refractivity contribution >= 4 is 11.9 Å². The normalized spacial score (nSPS) is 20.1. The van der Waals surface area contributed by atoms with Gasteiger partial charge in [0.05, 0.1) is 25.4 Å². The Balaban J connectivity index is 2.78. The van der Waals surface area contributed by atoms with Gasteiger partial charge in [-0.3, -0.25) is 9.59 Å². The van der Waals surface area contributed by atoms with Crippen molar-refractivity contribution in [3.8, 4) is 0 Å². The van der Waals surface area contributed by atoms with E-state index in [-0.39, 0.29) is 19.4 Å². The van der Waals surface area contributed by atoms with Crippen LogP contribution in [-0.2, 0) is 23.8 Å². The molecule has 73 heavy (non-hydrogen) atoms. The van der Waals surface area contributed by atoms with Crippen LogP contribution in [0.3, 0.4) is 0 Å². The molecule has 0 aliphatic carbocycles. The van der Waals surface area contributed by atoms with E-state index in [4.69, 9.17) is 14.2 Å². The quantitative estimate of drug-likeness (QED) is 0.0196. The van der Waals surface area contributed by atoms with Gasteiger partial charge in [-0.25, -0.2) is 0 Å². The zero-order valence-electron chi connectivity index (χ0n) is 46.0. The summed E-state index contributed by atoms with van der Waals surface area (Å²) in [6.07, 6.45) is 54.5. The molecule has 418 valence electrons. The van der Waals surface area contributed by atoms with Gasteiger partial charge < -0.3 is 45.1 Å². The van der Waals surface area contributed by atoms with E-state index in [2.05, 4.69) is 99.0 Å². The Labute approximate surface area is 444 Å². The van der Waals surface area contributed by atoms with Crippen LogP contribution in [0.1, 0.15) is 220 Å². The minimum atomic E-state index is -1.64. The molecule has 8 atom stereocenters. The average Bonchev–Trinajstić information content (AvgIpc) is 3.39. The molecule has 0 saturated carbocycles. The van der Waals surface area contributed by atoms with Crippen LogP contribution in [0.15, 0.2) is 97.2 Å². The van der Waals surface area contributed by atoms with E-state index in [1.807, 2.05) is 18.2 Å². The summed E-state index contributed by atoms with van der Waals surface area (Å²) in [6.45, 7) is 5.66. The van der Waals surface area contributed by atoms with Crippen molar-refractivity contribution < 1.29 is 49.3 Å². The van der Waals surface area contributed by atoms with Crippen LogP contribution in [0, 0.1) is 0 Å². The molecule has 1 heterocycles. The second-order valence-corrected chi connectivity index (χ2v) is 19.7. The zero-order chi connectivity index (χ0) is 53.3. The molecule has 0 aromatic rings.